The molecule has 1 fully saturated rings. The number of piperazine rings is 1. The normalized spacial score (nSPS) is 16.2. The first-order valence-corrected chi connectivity index (χ1v) is 11.4. The second-order valence-corrected chi connectivity index (χ2v) is 9.64. The molecule has 1 saturated heterocycles. The summed E-state index contributed by atoms with van der Waals surface area (Å²) in [5.74, 6) is 0. The minimum absolute atomic E-state index is 0.0650. The molecule has 4 rings (SSSR count). The molecule has 9 heteroatoms. The van der Waals surface area contributed by atoms with Crippen molar-refractivity contribution in [2.24, 2.45) is 0 Å². The Morgan fingerprint density at radius 2 is 1.69 bits per heavy atom. The molecule has 0 aliphatic carbocycles. The zero-order valence-corrected chi connectivity index (χ0v) is 17.9. The number of benzene rings is 2. The SMILES string of the molecule is O=S(=O)(c1cc(Cl)ccc1Cl)N1CCN(Cc2ccc(-n3ccnc3)cc2)CC1. The van der Waals surface area contributed by atoms with Gasteiger partial charge in [-0.15, -0.1) is 0 Å². The summed E-state index contributed by atoms with van der Waals surface area (Å²) in [6.07, 6.45) is 5.42. The number of imidazole rings is 1. The molecule has 29 heavy (non-hydrogen) atoms. The summed E-state index contributed by atoms with van der Waals surface area (Å²) < 4.78 is 29.3. The fraction of sp³-hybridized carbons (Fsp3) is 0.250. The van der Waals surface area contributed by atoms with Crippen molar-refractivity contribution < 1.29 is 8.42 Å². The Balaban J connectivity index is 1.38. The van der Waals surface area contributed by atoms with Crippen LogP contribution in [-0.4, -0.2) is 53.4 Å². The van der Waals surface area contributed by atoms with Crippen molar-refractivity contribution in [2.45, 2.75) is 11.4 Å². The zero-order chi connectivity index (χ0) is 20.4. The summed E-state index contributed by atoms with van der Waals surface area (Å²) in [6, 6.07) is 12.8. The quantitative estimate of drug-likeness (QED) is 0.594. The number of nitrogens with zero attached hydrogens (tertiary/aromatic N) is 4. The highest BCUT2D eigenvalue weighted by molar-refractivity contribution is 7.89. The van der Waals surface area contributed by atoms with Gasteiger partial charge in [0, 0.05) is 55.8 Å². The minimum Gasteiger partial charge on any atom is -0.306 e. The van der Waals surface area contributed by atoms with Crippen molar-refractivity contribution in [1.29, 1.82) is 0 Å². The van der Waals surface area contributed by atoms with Crippen LogP contribution >= 0.6 is 23.2 Å². The molecule has 1 aliphatic rings. The molecule has 0 unspecified atom stereocenters. The Kier molecular flexibility index (Phi) is 5.94. The van der Waals surface area contributed by atoms with E-state index in [0.29, 0.717) is 31.2 Å². The average Bonchev–Trinajstić information content (AvgIpc) is 3.26. The first-order chi connectivity index (χ1) is 13.9. The van der Waals surface area contributed by atoms with E-state index in [1.165, 1.54) is 22.0 Å². The van der Waals surface area contributed by atoms with Gasteiger partial charge in [-0.25, -0.2) is 13.4 Å². The van der Waals surface area contributed by atoms with Crippen LogP contribution in [0.25, 0.3) is 5.69 Å². The lowest BCUT2D eigenvalue weighted by atomic mass is 10.2. The fourth-order valence-electron chi connectivity index (χ4n) is 3.39. The van der Waals surface area contributed by atoms with E-state index in [1.54, 1.807) is 18.6 Å². The number of sulfonamides is 1. The van der Waals surface area contributed by atoms with Gasteiger partial charge in [0.05, 0.1) is 11.3 Å². The smallest absolute Gasteiger partial charge is 0.244 e. The minimum atomic E-state index is -3.66. The topological polar surface area (TPSA) is 58.4 Å². The molecule has 0 saturated carbocycles. The Labute approximate surface area is 180 Å². The number of halogens is 2. The van der Waals surface area contributed by atoms with Gasteiger partial charge in [0.25, 0.3) is 0 Å². The highest BCUT2D eigenvalue weighted by Crippen LogP contribution is 2.28. The molecule has 0 atom stereocenters. The van der Waals surface area contributed by atoms with Crippen LogP contribution in [0.4, 0.5) is 0 Å². The molecule has 3 aromatic rings. The van der Waals surface area contributed by atoms with E-state index in [4.69, 9.17) is 23.2 Å². The number of hydrogen-bond donors (Lipinski definition) is 0. The van der Waals surface area contributed by atoms with Gasteiger partial charge in [-0.1, -0.05) is 35.3 Å². The molecule has 0 amide bonds. The van der Waals surface area contributed by atoms with Crippen LogP contribution in [0, 0.1) is 0 Å². The van der Waals surface area contributed by atoms with E-state index in [1.807, 2.05) is 10.8 Å². The third-order valence-electron chi connectivity index (χ3n) is 4.99. The van der Waals surface area contributed by atoms with E-state index < -0.39 is 10.0 Å². The van der Waals surface area contributed by atoms with Gasteiger partial charge in [0.1, 0.15) is 4.90 Å². The van der Waals surface area contributed by atoms with Gasteiger partial charge in [-0.2, -0.15) is 4.31 Å². The Morgan fingerprint density at radius 1 is 0.966 bits per heavy atom. The van der Waals surface area contributed by atoms with Crippen LogP contribution < -0.4 is 0 Å². The molecule has 0 radical (unpaired) electrons. The highest BCUT2D eigenvalue weighted by Gasteiger charge is 2.30. The molecule has 2 heterocycles. The van der Waals surface area contributed by atoms with Gasteiger partial charge >= 0.3 is 0 Å². The predicted molar refractivity (Wildman–Crippen MR) is 114 cm³/mol. The van der Waals surface area contributed by atoms with Crippen LogP contribution in [0.5, 0.6) is 0 Å². The highest BCUT2D eigenvalue weighted by atomic mass is 35.5. The van der Waals surface area contributed by atoms with Crippen LogP contribution in [0.15, 0.2) is 66.1 Å². The summed E-state index contributed by atoms with van der Waals surface area (Å²) >= 11 is 12.1. The van der Waals surface area contributed by atoms with Crippen molar-refractivity contribution in [3.63, 3.8) is 0 Å². The van der Waals surface area contributed by atoms with E-state index in [0.717, 1.165) is 12.2 Å². The second-order valence-electron chi connectivity index (χ2n) is 6.89. The molecule has 6 nitrogen and oxygen atoms in total. The van der Waals surface area contributed by atoms with Crippen LogP contribution in [0.2, 0.25) is 10.0 Å². The summed E-state index contributed by atoms with van der Waals surface area (Å²) in [4.78, 5) is 6.37. The monoisotopic (exact) mass is 450 g/mol. The van der Waals surface area contributed by atoms with E-state index in [9.17, 15) is 8.42 Å². The van der Waals surface area contributed by atoms with Crippen LogP contribution in [0.1, 0.15) is 5.56 Å². The first-order valence-electron chi connectivity index (χ1n) is 9.18. The molecule has 1 aromatic heterocycles. The van der Waals surface area contributed by atoms with Gasteiger partial charge in [-0.05, 0) is 35.9 Å². The van der Waals surface area contributed by atoms with Crippen molar-refractivity contribution in [3.05, 3.63) is 76.8 Å². The molecule has 0 bridgehead atoms. The lowest BCUT2D eigenvalue weighted by molar-refractivity contribution is 0.181. The maximum atomic E-state index is 12.9. The second kappa shape index (κ2) is 8.45. The summed E-state index contributed by atoms with van der Waals surface area (Å²) in [5, 5.41) is 0.542. The largest absolute Gasteiger partial charge is 0.306 e. The third kappa shape index (κ3) is 4.49. The third-order valence-corrected chi connectivity index (χ3v) is 7.60. The Bertz CT molecular complexity index is 1080. The molecular weight excluding hydrogens is 431 g/mol. The number of rotatable bonds is 5. The van der Waals surface area contributed by atoms with Crippen molar-refractivity contribution in [3.8, 4) is 5.69 Å². The van der Waals surface area contributed by atoms with Crippen molar-refractivity contribution in [2.75, 3.05) is 26.2 Å². The molecular formula is C20H20Cl2N4O2S. The Morgan fingerprint density at radius 3 is 2.34 bits per heavy atom. The van der Waals surface area contributed by atoms with Crippen LogP contribution in [-0.2, 0) is 16.6 Å². The number of hydrogen-bond acceptors (Lipinski definition) is 4. The van der Waals surface area contributed by atoms with Gasteiger partial charge in [-0.3, -0.25) is 4.90 Å². The molecule has 1 aliphatic heterocycles. The predicted octanol–water partition coefficient (Wildman–Crippen LogP) is 3.69. The zero-order valence-electron chi connectivity index (χ0n) is 15.6. The van der Waals surface area contributed by atoms with Crippen molar-refractivity contribution in [1.82, 2.24) is 18.8 Å². The van der Waals surface area contributed by atoms with Gasteiger partial charge in [0.15, 0.2) is 0 Å². The lowest BCUT2D eigenvalue weighted by Gasteiger charge is -2.34. The number of aromatic nitrogens is 2. The molecule has 0 N–H and O–H groups in total. The lowest BCUT2D eigenvalue weighted by Crippen LogP contribution is -2.48. The van der Waals surface area contributed by atoms with E-state index in [2.05, 4.69) is 34.1 Å². The summed E-state index contributed by atoms with van der Waals surface area (Å²) in [6.45, 7) is 2.91. The standard InChI is InChI=1S/C20H20Cl2N4O2S/c21-17-3-6-19(22)20(13-17)29(27,28)26-11-9-24(10-12-26)14-16-1-4-18(5-2-16)25-8-7-23-15-25/h1-8,13,15H,9-12,14H2. The summed E-state index contributed by atoms with van der Waals surface area (Å²) in [7, 11) is -3.66. The van der Waals surface area contributed by atoms with Crippen molar-refractivity contribution >= 4 is 33.2 Å². The van der Waals surface area contributed by atoms with Gasteiger partial charge < -0.3 is 4.57 Å². The van der Waals surface area contributed by atoms with Crippen LogP contribution in [0.3, 0.4) is 0 Å². The summed E-state index contributed by atoms with van der Waals surface area (Å²) in [5.41, 5.74) is 2.24. The fourth-order valence-corrected chi connectivity index (χ4v) is 5.54. The maximum absolute atomic E-state index is 12.9. The maximum Gasteiger partial charge on any atom is 0.244 e. The van der Waals surface area contributed by atoms with E-state index in [-0.39, 0.29) is 9.92 Å². The average molecular weight is 451 g/mol. The molecule has 152 valence electrons. The molecule has 0 spiro atoms. The Hall–Kier alpha value is -1.90. The van der Waals surface area contributed by atoms with Gasteiger partial charge in [0.2, 0.25) is 10.0 Å². The first kappa shape index (κ1) is 20.4. The molecule has 2 aromatic carbocycles. The van der Waals surface area contributed by atoms with E-state index >= 15 is 0 Å².